The quantitative estimate of drug-likeness (QED) is 0.877. The number of aliphatic hydroxyl groups is 1. The van der Waals surface area contributed by atoms with Gasteiger partial charge in [-0.2, -0.15) is 0 Å². The Morgan fingerprint density at radius 3 is 2.79 bits per heavy atom. The van der Waals surface area contributed by atoms with Crippen LogP contribution >= 0.6 is 15.9 Å². The fraction of sp³-hybridized carbons (Fsp3) is 0.500. The van der Waals surface area contributed by atoms with E-state index in [4.69, 9.17) is 5.11 Å². The zero-order valence-electron chi connectivity index (χ0n) is 11.0. The van der Waals surface area contributed by atoms with Gasteiger partial charge in [0.2, 0.25) is 0 Å². The molecule has 4 nitrogen and oxygen atoms in total. The number of aliphatic hydroxyl groups excluding tert-OH is 1. The Hall–Kier alpha value is -1.07. The molecule has 1 fully saturated rings. The van der Waals surface area contributed by atoms with Gasteiger partial charge in [0.15, 0.2) is 0 Å². The second kappa shape index (κ2) is 6.39. The van der Waals surface area contributed by atoms with E-state index in [1.807, 2.05) is 25.1 Å². The first-order chi connectivity index (χ1) is 9.10. The number of likely N-dealkylation sites (tertiary alicyclic amines) is 1. The highest BCUT2D eigenvalue weighted by molar-refractivity contribution is 9.10. The molecule has 0 aromatic heterocycles. The van der Waals surface area contributed by atoms with Gasteiger partial charge in [0.1, 0.15) is 0 Å². The monoisotopic (exact) mass is 326 g/mol. The van der Waals surface area contributed by atoms with E-state index in [0.29, 0.717) is 19.0 Å². The van der Waals surface area contributed by atoms with Crippen LogP contribution in [0.25, 0.3) is 0 Å². The molecule has 0 aliphatic carbocycles. The number of urea groups is 1. The molecule has 1 aliphatic heterocycles. The van der Waals surface area contributed by atoms with Gasteiger partial charge < -0.3 is 15.3 Å². The van der Waals surface area contributed by atoms with E-state index < -0.39 is 0 Å². The summed E-state index contributed by atoms with van der Waals surface area (Å²) in [4.78, 5) is 14.0. The number of nitrogens with zero attached hydrogens (tertiary/aromatic N) is 1. The number of nitrogens with one attached hydrogen (secondary N) is 1. The van der Waals surface area contributed by atoms with Gasteiger partial charge >= 0.3 is 6.03 Å². The van der Waals surface area contributed by atoms with Gasteiger partial charge in [0.25, 0.3) is 0 Å². The highest BCUT2D eigenvalue weighted by Gasteiger charge is 2.22. The minimum absolute atomic E-state index is 0.0670. The summed E-state index contributed by atoms with van der Waals surface area (Å²) in [6.45, 7) is 3.63. The van der Waals surface area contributed by atoms with Crippen LogP contribution in [-0.4, -0.2) is 35.7 Å². The lowest BCUT2D eigenvalue weighted by atomic mass is 9.98. The topological polar surface area (TPSA) is 52.6 Å². The van der Waals surface area contributed by atoms with Gasteiger partial charge in [-0.05, 0) is 59.3 Å². The zero-order chi connectivity index (χ0) is 13.8. The van der Waals surface area contributed by atoms with Crippen molar-refractivity contribution in [1.29, 1.82) is 0 Å². The van der Waals surface area contributed by atoms with Crippen molar-refractivity contribution < 1.29 is 9.90 Å². The maximum absolute atomic E-state index is 12.2. The second-order valence-corrected chi connectivity index (χ2v) is 5.88. The molecule has 104 valence electrons. The summed E-state index contributed by atoms with van der Waals surface area (Å²) in [5, 5.41) is 12.0. The Kier molecular flexibility index (Phi) is 4.82. The largest absolute Gasteiger partial charge is 0.396 e. The second-order valence-electron chi connectivity index (χ2n) is 5.03. The average molecular weight is 327 g/mol. The molecular formula is C14H19BrN2O2. The summed E-state index contributed by atoms with van der Waals surface area (Å²) in [7, 11) is 0. The standard InChI is InChI=1S/C14H19BrN2O2/c1-10-2-3-12(15)13(8-10)16-14(19)17-6-4-11(9-18)5-7-17/h2-3,8,11,18H,4-7,9H2,1H3,(H,16,19). The van der Waals surface area contributed by atoms with Crippen LogP contribution in [0.4, 0.5) is 10.5 Å². The highest BCUT2D eigenvalue weighted by Crippen LogP contribution is 2.24. The van der Waals surface area contributed by atoms with E-state index in [-0.39, 0.29) is 12.6 Å². The summed E-state index contributed by atoms with van der Waals surface area (Å²) in [6.07, 6.45) is 1.75. The molecule has 2 N–H and O–H groups in total. The molecule has 2 rings (SSSR count). The maximum atomic E-state index is 12.2. The number of amides is 2. The minimum Gasteiger partial charge on any atom is -0.396 e. The van der Waals surface area contributed by atoms with Gasteiger partial charge in [-0.15, -0.1) is 0 Å². The molecule has 0 atom stereocenters. The van der Waals surface area contributed by atoms with Crippen molar-refractivity contribution in [2.24, 2.45) is 5.92 Å². The number of hydrogen-bond donors (Lipinski definition) is 2. The van der Waals surface area contributed by atoms with Crippen molar-refractivity contribution in [2.75, 3.05) is 25.0 Å². The lowest BCUT2D eigenvalue weighted by Gasteiger charge is -2.31. The summed E-state index contributed by atoms with van der Waals surface area (Å²) in [5.41, 5.74) is 1.91. The van der Waals surface area contributed by atoms with Crippen molar-refractivity contribution in [3.05, 3.63) is 28.2 Å². The maximum Gasteiger partial charge on any atom is 0.321 e. The zero-order valence-corrected chi connectivity index (χ0v) is 12.6. The van der Waals surface area contributed by atoms with Gasteiger partial charge in [-0.25, -0.2) is 4.79 Å². The van der Waals surface area contributed by atoms with E-state index in [1.54, 1.807) is 4.90 Å². The Bertz CT molecular complexity index is 457. The van der Waals surface area contributed by atoms with Gasteiger partial charge in [-0.3, -0.25) is 0 Å². The number of piperidine rings is 1. The predicted octanol–water partition coefficient (Wildman–Crippen LogP) is 2.99. The highest BCUT2D eigenvalue weighted by atomic mass is 79.9. The van der Waals surface area contributed by atoms with E-state index in [9.17, 15) is 4.79 Å². The van der Waals surface area contributed by atoms with E-state index in [2.05, 4.69) is 21.2 Å². The number of aryl methyl sites for hydroxylation is 1. The summed E-state index contributed by atoms with van der Waals surface area (Å²) in [5.74, 6) is 0.342. The first kappa shape index (κ1) is 14.3. The number of halogens is 1. The summed E-state index contributed by atoms with van der Waals surface area (Å²) < 4.78 is 0.886. The van der Waals surface area contributed by atoms with Crippen molar-refractivity contribution in [3.8, 4) is 0 Å². The molecule has 19 heavy (non-hydrogen) atoms. The number of anilines is 1. The molecule has 5 heteroatoms. The number of hydrogen-bond acceptors (Lipinski definition) is 2. The fourth-order valence-electron chi connectivity index (χ4n) is 2.25. The molecule has 1 aromatic carbocycles. The molecular weight excluding hydrogens is 308 g/mol. The molecule has 1 heterocycles. The van der Waals surface area contributed by atoms with Crippen LogP contribution < -0.4 is 5.32 Å². The Balaban J connectivity index is 1.96. The van der Waals surface area contributed by atoms with Gasteiger partial charge in [0.05, 0.1) is 5.69 Å². The molecule has 0 bridgehead atoms. The number of benzene rings is 1. The SMILES string of the molecule is Cc1ccc(Br)c(NC(=O)N2CCC(CO)CC2)c1. The minimum atomic E-state index is -0.0670. The van der Waals surface area contributed by atoms with Crippen molar-refractivity contribution in [3.63, 3.8) is 0 Å². The third kappa shape index (κ3) is 3.70. The van der Waals surface area contributed by atoms with Crippen LogP contribution in [0.3, 0.4) is 0 Å². The third-order valence-corrected chi connectivity index (χ3v) is 4.21. The Morgan fingerprint density at radius 1 is 1.47 bits per heavy atom. The first-order valence-corrected chi connectivity index (χ1v) is 7.32. The van der Waals surface area contributed by atoms with Crippen LogP contribution in [0.5, 0.6) is 0 Å². The first-order valence-electron chi connectivity index (χ1n) is 6.53. The average Bonchev–Trinajstić information content (AvgIpc) is 2.43. The molecule has 1 aromatic rings. The van der Waals surface area contributed by atoms with Crippen molar-refractivity contribution in [2.45, 2.75) is 19.8 Å². The summed E-state index contributed by atoms with van der Waals surface area (Å²) in [6, 6.07) is 5.81. The Morgan fingerprint density at radius 2 is 2.16 bits per heavy atom. The third-order valence-electron chi connectivity index (χ3n) is 3.52. The lowest BCUT2D eigenvalue weighted by Crippen LogP contribution is -2.41. The normalized spacial score (nSPS) is 16.5. The number of carbonyl (C=O) groups excluding carboxylic acids is 1. The molecule has 0 spiro atoms. The molecule has 2 amide bonds. The smallest absolute Gasteiger partial charge is 0.321 e. The van der Waals surface area contributed by atoms with Gasteiger partial charge in [0, 0.05) is 24.2 Å². The van der Waals surface area contributed by atoms with Crippen molar-refractivity contribution in [1.82, 2.24) is 4.90 Å². The lowest BCUT2D eigenvalue weighted by molar-refractivity contribution is 0.143. The van der Waals surface area contributed by atoms with E-state index in [0.717, 1.165) is 28.6 Å². The van der Waals surface area contributed by atoms with E-state index >= 15 is 0 Å². The molecule has 1 aliphatic rings. The number of carbonyl (C=O) groups is 1. The fourth-order valence-corrected chi connectivity index (χ4v) is 2.59. The molecule has 0 unspecified atom stereocenters. The van der Waals surface area contributed by atoms with E-state index in [1.165, 1.54) is 0 Å². The molecule has 0 saturated carbocycles. The van der Waals surface area contributed by atoms with Crippen LogP contribution in [0, 0.1) is 12.8 Å². The van der Waals surface area contributed by atoms with Crippen molar-refractivity contribution >= 4 is 27.6 Å². The predicted molar refractivity (Wildman–Crippen MR) is 79.3 cm³/mol. The Labute approximate surface area is 121 Å². The van der Waals surface area contributed by atoms with Crippen LogP contribution in [0.2, 0.25) is 0 Å². The molecule has 1 saturated heterocycles. The van der Waals surface area contributed by atoms with Crippen LogP contribution in [0.15, 0.2) is 22.7 Å². The number of rotatable bonds is 2. The van der Waals surface area contributed by atoms with Crippen LogP contribution in [-0.2, 0) is 0 Å². The molecule has 0 radical (unpaired) electrons. The summed E-state index contributed by atoms with van der Waals surface area (Å²) >= 11 is 3.44. The van der Waals surface area contributed by atoms with Crippen LogP contribution in [0.1, 0.15) is 18.4 Å². The van der Waals surface area contributed by atoms with Gasteiger partial charge in [-0.1, -0.05) is 6.07 Å².